The van der Waals surface area contributed by atoms with Gasteiger partial charge in [0, 0.05) is 37.7 Å². The van der Waals surface area contributed by atoms with Crippen molar-refractivity contribution in [1.82, 2.24) is 0 Å². The van der Waals surface area contributed by atoms with Crippen LogP contribution >= 0.6 is 11.6 Å². The molecule has 0 amide bonds. The van der Waals surface area contributed by atoms with E-state index in [-0.39, 0.29) is 27.4 Å². The Hall–Kier alpha value is -2.61. The lowest BCUT2D eigenvalue weighted by molar-refractivity contribution is 0.0692. The van der Waals surface area contributed by atoms with Crippen LogP contribution < -0.4 is 14.5 Å². The van der Waals surface area contributed by atoms with E-state index in [1.807, 2.05) is 4.90 Å². The van der Waals surface area contributed by atoms with Crippen molar-refractivity contribution < 1.29 is 27.8 Å². The van der Waals surface area contributed by atoms with Gasteiger partial charge in [-0.2, -0.15) is 0 Å². The second kappa shape index (κ2) is 7.58. The van der Waals surface area contributed by atoms with Crippen molar-refractivity contribution in [2.24, 2.45) is 5.41 Å². The van der Waals surface area contributed by atoms with Gasteiger partial charge in [0.15, 0.2) is 11.6 Å². The number of methoxy groups -OCH3 is 1. The number of benzene rings is 2. The van der Waals surface area contributed by atoms with Gasteiger partial charge in [-0.3, -0.25) is 0 Å². The Morgan fingerprint density at radius 2 is 1.73 bits per heavy atom. The fraction of sp³-hybridized carbons (Fsp3) is 0.381. The van der Waals surface area contributed by atoms with Crippen LogP contribution in [0.25, 0.3) is 0 Å². The van der Waals surface area contributed by atoms with Crippen molar-refractivity contribution in [3.8, 4) is 5.75 Å². The number of aromatic carboxylic acids is 1. The van der Waals surface area contributed by atoms with Crippen LogP contribution in [-0.2, 0) is 0 Å². The maximum atomic E-state index is 14.5. The minimum absolute atomic E-state index is 0.0386. The normalized spacial score (nSPS) is 17.8. The third-order valence-corrected chi connectivity index (χ3v) is 6.36. The number of rotatable bonds is 4. The van der Waals surface area contributed by atoms with E-state index in [0.717, 1.165) is 18.9 Å². The first-order valence-electron chi connectivity index (χ1n) is 9.49. The molecule has 0 saturated carbocycles. The van der Waals surface area contributed by atoms with Crippen molar-refractivity contribution in [1.29, 1.82) is 0 Å². The van der Waals surface area contributed by atoms with Gasteiger partial charge in [0.1, 0.15) is 17.1 Å². The molecular weight excluding hydrogens is 421 g/mol. The zero-order valence-corrected chi connectivity index (χ0v) is 17.0. The molecule has 0 unspecified atom stereocenters. The highest BCUT2D eigenvalue weighted by Crippen LogP contribution is 2.45. The second-order valence-electron chi connectivity index (χ2n) is 7.85. The Morgan fingerprint density at radius 3 is 2.33 bits per heavy atom. The van der Waals surface area contributed by atoms with Crippen LogP contribution in [0.4, 0.5) is 24.5 Å². The maximum absolute atomic E-state index is 14.5. The first-order valence-corrected chi connectivity index (χ1v) is 9.87. The highest BCUT2D eigenvalue weighted by Gasteiger charge is 2.46. The molecule has 4 rings (SSSR count). The van der Waals surface area contributed by atoms with Crippen LogP contribution in [0.1, 0.15) is 23.2 Å². The monoisotopic (exact) mass is 440 g/mol. The number of carboxylic acid groups (broad SMARTS) is 1. The minimum Gasteiger partial charge on any atom is -0.496 e. The van der Waals surface area contributed by atoms with E-state index < -0.39 is 23.4 Å². The third kappa shape index (κ3) is 3.43. The van der Waals surface area contributed by atoms with E-state index in [9.17, 15) is 18.0 Å². The zero-order chi connectivity index (χ0) is 21.6. The molecule has 2 heterocycles. The minimum atomic E-state index is -1.25. The summed E-state index contributed by atoms with van der Waals surface area (Å²) in [5.74, 6) is -3.75. The zero-order valence-electron chi connectivity index (χ0n) is 16.2. The maximum Gasteiger partial charge on any atom is 0.339 e. The van der Waals surface area contributed by atoms with E-state index in [1.165, 1.54) is 25.3 Å². The van der Waals surface area contributed by atoms with Gasteiger partial charge in [-0.15, -0.1) is 0 Å². The first-order chi connectivity index (χ1) is 14.2. The number of nitrogens with zero attached hydrogens (tertiary/aromatic N) is 2. The molecule has 0 aliphatic carbocycles. The van der Waals surface area contributed by atoms with Gasteiger partial charge in [-0.1, -0.05) is 11.6 Å². The molecule has 2 aliphatic heterocycles. The molecule has 2 fully saturated rings. The van der Waals surface area contributed by atoms with Gasteiger partial charge < -0.3 is 19.6 Å². The predicted molar refractivity (Wildman–Crippen MR) is 107 cm³/mol. The fourth-order valence-electron chi connectivity index (χ4n) is 4.35. The molecule has 1 N–H and O–H groups in total. The molecule has 30 heavy (non-hydrogen) atoms. The van der Waals surface area contributed by atoms with Gasteiger partial charge in [0.05, 0.1) is 23.5 Å². The van der Waals surface area contributed by atoms with Crippen LogP contribution in [0.15, 0.2) is 24.3 Å². The summed E-state index contributed by atoms with van der Waals surface area (Å²) in [6, 6.07) is 5.22. The predicted octanol–water partition coefficient (Wildman–Crippen LogP) is 4.57. The summed E-state index contributed by atoms with van der Waals surface area (Å²) in [5, 5.41) is 8.92. The van der Waals surface area contributed by atoms with Crippen LogP contribution in [0.3, 0.4) is 0 Å². The summed E-state index contributed by atoms with van der Waals surface area (Å²) in [6.07, 6.45) is 1.50. The van der Waals surface area contributed by atoms with E-state index in [0.29, 0.717) is 31.9 Å². The number of hydrogen-bond donors (Lipinski definition) is 1. The molecule has 0 atom stereocenters. The van der Waals surface area contributed by atoms with Crippen molar-refractivity contribution >= 4 is 28.9 Å². The number of piperidine rings is 1. The molecular formula is C21H20ClF3N2O3. The van der Waals surface area contributed by atoms with Gasteiger partial charge >= 0.3 is 5.97 Å². The van der Waals surface area contributed by atoms with Crippen LogP contribution in [0.2, 0.25) is 5.02 Å². The van der Waals surface area contributed by atoms with Gasteiger partial charge in [0.2, 0.25) is 0 Å². The molecule has 2 aromatic carbocycles. The summed E-state index contributed by atoms with van der Waals surface area (Å²) >= 11 is 5.63. The molecule has 2 aliphatic rings. The smallest absolute Gasteiger partial charge is 0.339 e. The van der Waals surface area contributed by atoms with Crippen LogP contribution in [0, 0.1) is 22.9 Å². The number of halogens is 4. The van der Waals surface area contributed by atoms with Crippen LogP contribution in [-0.4, -0.2) is 44.4 Å². The molecule has 2 aromatic rings. The highest BCUT2D eigenvalue weighted by atomic mass is 35.5. The quantitative estimate of drug-likeness (QED) is 0.706. The Balaban J connectivity index is 1.44. The molecule has 160 valence electrons. The Bertz CT molecular complexity index is 1000. The third-order valence-electron chi connectivity index (χ3n) is 6.07. The largest absolute Gasteiger partial charge is 0.496 e. The standard InChI is InChI=1S/C21H20ClF3N2O3/c1-30-17-9-16(14(23)8-12(17)20(28)29)27-10-21(11-27)4-6-26(7-5-21)15-3-2-13(22)18(24)19(15)25/h2-3,8-9H,4-7,10-11H2,1H3,(H,28,29). The number of ether oxygens (including phenoxy) is 1. The topological polar surface area (TPSA) is 53.0 Å². The summed E-state index contributed by atoms with van der Waals surface area (Å²) in [6.45, 7) is 2.31. The summed E-state index contributed by atoms with van der Waals surface area (Å²) in [7, 11) is 1.34. The molecule has 9 heteroatoms. The average molecular weight is 441 g/mol. The number of carboxylic acids is 1. The average Bonchev–Trinajstić information content (AvgIpc) is 2.70. The molecule has 0 aromatic heterocycles. The van der Waals surface area contributed by atoms with E-state index in [4.69, 9.17) is 21.4 Å². The SMILES string of the molecule is COc1cc(N2CC3(CCN(c4ccc(Cl)c(F)c4F)CC3)C2)c(F)cc1C(=O)O. The van der Waals surface area contributed by atoms with E-state index >= 15 is 0 Å². The lowest BCUT2D eigenvalue weighted by atomic mass is 9.71. The highest BCUT2D eigenvalue weighted by molar-refractivity contribution is 6.30. The lowest BCUT2D eigenvalue weighted by Gasteiger charge is -2.55. The summed E-state index contributed by atoms with van der Waals surface area (Å²) < 4.78 is 47.6. The van der Waals surface area contributed by atoms with E-state index in [1.54, 1.807) is 4.90 Å². The van der Waals surface area contributed by atoms with Gasteiger partial charge in [-0.25, -0.2) is 18.0 Å². The Morgan fingerprint density at radius 1 is 1.07 bits per heavy atom. The second-order valence-corrected chi connectivity index (χ2v) is 8.25. The van der Waals surface area contributed by atoms with Gasteiger partial charge in [-0.05, 0) is 31.0 Å². The van der Waals surface area contributed by atoms with Crippen molar-refractivity contribution in [3.63, 3.8) is 0 Å². The molecule has 0 radical (unpaired) electrons. The van der Waals surface area contributed by atoms with Crippen molar-refractivity contribution in [2.75, 3.05) is 43.1 Å². The van der Waals surface area contributed by atoms with E-state index in [2.05, 4.69) is 0 Å². The molecule has 1 spiro atoms. The lowest BCUT2D eigenvalue weighted by Crippen LogP contribution is -2.60. The summed E-state index contributed by atoms with van der Waals surface area (Å²) in [5.41, 5.74) is 0.238. The van der Waals surface area contributed by atoms with Crippen LogP contribution in [0.5, 0.6) is 5.75 Å². The number of hydrogen-bond acceptors (Lipinski definition) is 4. The van der Waals surface area contributed by atoms with Crippen molar-refractivity contribution in [3.05, 3.63) is 52.3 Å². The van der Waals surface area contributed by atoms with Crippen molar-refractivity contribution in [2.45, 2.75) is 12.8 Å². The fourth-order valence-corrected chi connectivity index (χ4v) is 4.50. The van der Waals surface area contributed by atoms with Gasteiger partial charge in [0.25, 0.3) is 0 Å². The first kappa shape index (κ1) is 20.7. The Labute approximate surface area is 176 Å². The number of anilines is 2. The Kier molecular flexibility index (Phi) is 5.22. The number of carbonyl (C=O) groups is 1. The molecule has 0 bridgehead atoms. The molecule has 2 saturated heterocycles. The molecule has 5 nitrogen and oxygen atoms in total. The summed E-state index contributed by atoms with van der Waals surface area (Å²) in [4.78, 5) is 14.9.